The van der Waals surface area contributed by atoms with Crippen molar-refractivity contribution in [2.24, 2.45) is 4.99 Å². The molecule has 1 aliphatic rings. The molecule has 0 amide bonds. The van der Waals surface area contributed by atoms with E-state index >= 15 is 0 Å². The van der Waals surface area contributed by atoms with Crippen LogP contribution in [0.15, 0.2) is 77.4 Å². The van der Waals surface area contributed by atoms with E-state index in [2.05, 4.69) is 27.6 Å². The molecule has 0 aliphatic carbocycles. The maximum Gasteiger partial charge on any atom is 0.363 e. The quantitative estimate of drug-likeness (QED) is 0.125. The molecule has 0 radical (unpaired) electrons. The van der Waals surface area contributed by atoms with Crippen molar-refractivity contribution in [3.8, 4) is 5.75 Å². The molecule has 1 aliphatic heterocycles. The first-order chi connectivity index (χ1) is 15.4. The number of hydrogen-bond donors (Lipinski definition) is 0. The normalized spacial score (nSPS) is 14.2. The molecular weight excluding hydrogens is 547 g/mol. The molecule has 160 valence electrons. The second-order valence-electron chi connectivity index (χ2n) is 6.75. The number of aliphatic imine (C=N–C) groups is 1. The number of benzene rings is 3. The number of non-ortho nitro benzene ring substituents is 1. The van der Waals surface area contributed by atoms with Crippen LogP contribution in [0, 0.1) is 13.7 Å². The van der Waals surface area contributed by atoms with Gasteiger partial charge in [-0.3, -0.25) is 10.1 Å². The van der Waals surface area contributed by atoms with Crippen molar-refractivity contribution < 1.29 is 19.2 Å². The predicted octanol–water partition coefficient (Wildman–Crippen LogP) is 5.78. The third-order valence-electron chi connectivity index (χ3n) is 4.47. The summed E-state index contributed by atoms with van der Waals surface area (Å²) < 4.78 is 12.0. The number of nitro benzene ring substituents is 1. The number of carbonyl (C=O) groups is 1. The Morgan fingerprint density at radius 1 is 1.12 bits per heavy atom. The van der Waals surface area contributed by atoms with Crippen molar-refractivity contribution in [2.75, 3.05) is 0 Å². The molecule has 0 bridgehead atoms. The summed E-state index contributed by atoms with van der Waals surface area (Å²) >= 11 is 8.36. The molecule has 0 unspecified atom stereocenters. The fourth-order valence-corrected chi connectivity index (χ4v) is 3.65. The molecule has 0 atom stereocenters. The molecular formula is C23H14ClIN2O5. The highest BCUT2D eigenvalue weighted by atomic mass is 127. The number of nitrogens with zero attached hydrogens (tertiary/aromatic N) is 2. The number of esters is 1. The Kier molecular flexibility index (Phi) is 6.52. The summed E-state index contributed by atoms with van der Waals surface area (Å²) in [7, 11) is 0. The molecule has 0 aromatic heterocycles. The number of halogens is 2. The molecule has 3 aromatic carbocycles. The molecule has 0 spiro atoms. The lowest BCUT2D eigenvalue weighted by molar-refractivity contribution is -0.384. The molecule has 3 aromatic rings. The summed E-state index contributed by atoms with van der Waals surface area (Å²) in [4.78, 5) is 27.1. The van der Waals surface area contributed by atoms with Gasteiger partial charge in [-0.25, -0.2) is 9.79 Å². The van der Waals surface area contributed by atoms with Crippen LogP contribution in [0.25, 0.3) is 6.08 Å². The van der Waals surface area contributed by atoms with Gasteiger partial charge in [0.2, 0.25) is 5.90 Å². The van der Waals surface area contributed by atoms with Gasteiger partial charge in [-0.15, -0.1) is 0 Å². The van der Waals surface area contributed by atoms with Crippen LogP contribution in [0.5, 0.6) is 5.75 Å². The van der Waals surface area contributed by atoms with Crippen molar-refractivity contribution in [2.45, 2.75) is 6.61 Å². The van der Waals surface area contributed by atoms with E-state index < -0.39 is 10.9 Å². The van der Waals surface area contributed by atoms with Gasteiger partial charge in [-0.2, -0.15) is 0 Å². The van der Waals surface area contributed by atoms with E-state index in [0.29, 0.717) is 27.5 Å². The SMILES string of the molecule is O=C1OC(c2cc(I)ccc2Cl)=N/C1=C\c1cccc(OCc2cccc([N+](=O)[O-])c2)c1. The first-order valence-corrected chi connectivity index (χ1v) is 10.8. The van der Waals surface area contributed by atoms with E-state index in [0.717, 1.165) is 3.57 Å². The standard InChI is InChI=1S/C23H14ClIN2O5/c24-20-8-7-16(25)12-19(20)22-26-21(23(28)32-22)11-14-3-2-6-18(10-14)31-13-15-4-1-5-17(9-15)27(29)30/h1-12H,13H2/b21-11-. The van der Waals surface area contributed by atoms with Gasteiger partial charge in [0.1, 0.15) is 12.4 Å². The highest BCUT2D eigenvalue weighted by Crippen LogP contribution is 2.26. The number of carbonyl (C=O) groups excluding carboxylic acids is 1. The van der Waals surface area contributed by atoms with Gasteiger partial charge in [0.25, 0.3) is 5.69 Å². The van der Waals surface area contributed by atoms with E-state index in [1.807, 2.05) is 6.07 Å². The Hall–Kier alpha value is -3.24. The minimum atomic E-state index is -0.571. The summed E-state index contributed by atoms with van der Waals surface area (Å²) in [5.41, 5.74) is 2.06. The summed E-state index contributed by atoms with van der Waals surface area (Å²) in [6.45, 7) is 0.164. The van der Waals surface area contributed by atoms with Crippen LogP contribution < -0.4 is 4.74 Å². The molecule has 32 heavy (non-hydrogen) atoms. The molecule has 7 nitrogen and oxygen atoms in total. The van der Waals surface area contributed by atoms with Crippen LogP contribution in [0.4, 0.5) is 5.69 Å². The third kappa shape index (κ3) is 5.14. The summed E-state index contributed by atoms with van der Waals surface area (Å²) in [5.74, 6) is 0.128. The fraction of sp³-hybridized carbons (Fsp3) is 0.0435. The minimum absolute atomic E-state index is 0.00574. The Morgan fingerprint density at radius 3 is 2.75 bits per heavy atom. The first-order valence-electron chi connectivity index (χ1n) is 9.33. The largest absolute Gasteiger partial charge is 0.489 e. The van der Waals surface area contributed by atoms with Crippen LogP contribution in [-0.4, -0.2) is 16.8 Å². The highest BCUT2D eigenvalue weighted by Gasteiger charge is 2.25. The predicted molar refractivity (Wildman–Crippen MR) is 129 cm³/mol. The molecule has 0 N–H and O–H groups in total. The monoisotopic (exact) mass is 560 g/mol. The lowest BCUT2D eigenvalue weighted by atomic mass is 10.2. The van der Waals surface area contributed by atoms with Gasteiger partial charge < -0.3 is 9.47 Å². The first kappa shape index (κ1) is 22.0. The molecule has 4 rings (SSSR count). The smallest absolute Gasteiger partial charge is 0.363 e. The van der Waals surface area contributed by atoms with Crippen LogP contribution >= 0.6 is 34.2 Å². The minimum Gasteiger partial charge on any atom is -0.489 e. The zero-order chi connectivity index (χ0) is 22.7. The number of cyclic esters (lactones) is 1. The average molecular weight is 561 g/mol. The van der Waals surface area contributed by atoms with Gasteiger partial charge in [0.15, 0.2) is 5.70 Å². The highest BCUT2D eigenvalue weighted by molar-refractivity contribution is 14.1. The molecule has 0 saturated heterocycles. The number of nitro groups is 1. The van der Waals surface area contributed by atoms with Crippen molar-refractivity contribution in [1.82, 2.24) is 0 Å². The van der Waals surface area contributed by atoms with Gasteiger partial charge >= 0.3 is 5.97 Å². The number of rotatable bonds is 6. The van der Waals surface area contributed by atoms with Crippen molar-refractivity contribution >= 4 is 57.8 Å². The van der Waals surface area contributed by atoms with Crippen LogP contribution in [0.2, 0.25) is 5.02 Å². The van der Waals surface area contributed by atoms with E-state index in [1.165, 1.54) is 12.1 Å². The summed E-state index contributed by atoms with van der Waals surface area (Å²) in [6, 6.07) is 18.7. The maximum atomic E-state index is 12.3. The topological polar surface area (TPSA) is 91.0 Å². The van der Waals surface area contributed by atoms with Crippen LogP contribution in [-0.2, 0) is 16.1 Å². The van der Waals surface area contributed by atoms with E-state index in [4.69, 9.17) is 21.1 Å². The third-order valence-corrected chi connectivity index (χ3v) is 5.47. The van der Waals surface area contributed by atoms with E-state index in [9.17, 15) is 14.9 Å². The van der Waals surface area contributed by atoms with Gasteiger partial charge in [-0.05, 0) is 70.1 Å². The molecule has 9 heteroatoms. The zero-order valence-corrected chi connectivity index (χ0v) is 19.2. The van der Waals surface area contributed by atoms with Gasteiger partial charge in [-0.1, -0.05) is 35.9 Å². The molecule has 0 saturated carbocycles. The van der Waals surface area contributed by atoms with Crippen molar-refractivity contribution in [3.63, 3.8) is 0 Å². The number of ether oxygens (including phenoxy) is 2. The molecule has 0 fully saturated rings. The lowest BCUT2D eigenvalue weighted by Crippen LogP contribution is -2.06. The Balaban J connectivity index is 1.52. The lowest BCUT2D eigenvalue weighted by Gasteiger charge is -2.07. The second-order valence-corrected chi connectivity index (χ2v) is 8.40. The molecule has 1 heterocycles. The Labute approximate surface area is 201 Å². The Bertz CT molecular complexity index is 1290. The van der Waals surface area contributed by atoms with Crippen LogP contribution in [0.3, 0.4) is 0 Å². The van der Waals surface area contributed by atoms with E-state index in [-0.39, 0.29) is 23.9 Å². The fourth-order valence-electron chi connectivity index (χ4n) is 2.96. The van der Waals surface area contributed by atoms with E-state index in [1.54, 1.807) is 54.6 Å². The van der Waals surface area contributed by atoms with Gasteiger partial charge in [0, 0.05) is 15.7 Å². The van der Waals surface area contributed by atoms with Crippen molar-refractivity contribution in [3.05, 3.63) is 108 Å². The summed E-state index contributed by atoms with van der Waals surface area (Å²) in [5, 5.41) is 11.4. The van der Waals surface area contributed by atoms with Gasteiger partial charge in [0.05, 0.1) is 15.5 Å². The second kappa shape index (κ2) is 9.49. The zero-order valence-electron chi connectivity index (χ0n) is 16.3. The number of hydrogen-bond acceptors (Lipinski definition) is 6. The maximum absolute atomic E-state index is 12.3. The summed E-state index contributed by atoms with van der Waals surface area (Å²) in [6.07, 6.45) is 1.59. The van der Waals surface area contributed by atoms with Crippen molar-refractivity contribution in [1.29, 1.82) is 0 Å². The average Bonchev–Trinajstić information content (AvgIpc) is 3.14. The van der Waals surface area contributed by atoms with Crippen LogP contribution in [0.1, 0.15) is 16.7 Å². The Morgan fingerprint density at radius 2 is 1.94 bits per heavy atom.